The molecule has 0 saturated heterocycles. The highest BCUT2D eigenvalue weighted by atomic mass is 35.5. The molecule has 6 nitrogen and oxygen atoms in total. The highest BCUT2D eigenvalue weighted by molar-refractivity contribution is 7.19. The summed E-state index contributed by atoms with van der Waals surface area (Å²) in [6.45, 7) is 0. The van der Waals surface area contributed by atoms with E-state index in [0.29, 0.717) is 12.0 Å². The van der Waals surface area contributed by atoms with Gasteiger partial charge in [-0.05, 0) is 34.7 Å². The number of rotatable bonds is 4. The molecule has 8 heteroatoms. The largest absolute Gasteiger partial charge is 0.467 e. The summed E-state index contributed by atoms with van der Waals surface area (Å²) in [6, 6.07) is 13.5. The lowest BCUT2D eigenvalue weighted by molar-refractivity contribution is -0.154. The van der Waals surface area contributed by atoms with E-state index in [1.807, 2.05) is 24.3 Å². The highest BCUT2D eigenvalue weighted by Crippen LogP contribution is 2.46. The summed E-state index contributed by atoms with van der Waals surface area (Å²) in [5.41, 5.74) is 2.20. The van der Waals surface area contributed by atoms with E-state index in [-0.39, 0.29) is 11.8 Å². The van der Waals surface area contributed by atoms with Gasteiger partial charge in [-0.2, -0.15) is 0 Å². The second kappa shape index (κ2) is 8.69. The fourth-order valence-electron chi connectivity index (χ4n) is 4.10. The van der Waals surface area contributed by atoms with E-state index >= 15 is 0 Å². The number of hydrogen-bond acceptors (Lipinski definition) is 6. The number of fused-ring (bicyclic) bond motifs is 3. The van der Waals surface area contributed by atoms with Gasteiger partial charge < -0.3 is 14.4 Å². The predicted octanol–water partition coefficient (Wildman–Crippen LogP) is 3.94. The van der Waals surface area contributed by atoms with Crippen LogP contribution in [-0.4, -0.2) is 48.9 Å². The molecule has 0 radical (unpaired) electrons. The van der Waals surface area contributed by atoms with Gasteiger partial charge >= 0.3 is 11.9 Å². The predicted molar refractivity (Wildman–Crippen MR) is 119 cm³/mol. The molecule has 0 aliphatic carbocycles. The first-order chi connectivity index (χ1) is 15.0. The number of esters is 2. The van der Waals surface area contributed by atoms with Crippen molar-refractivity contribution in [3.05, 3.63) is 70.1 Å². The van der Waals surface area contributed by atoms with E-state index in [2.05, 4.69) is 0 Å². The fourth-order valence-corrected chi connectivity index (χ4v) is 5.60. The lowest BCUT2D eigenvalue weighted by atomic mass is 9.88. The third-order valence-corrected chi connectivity index (χ3v) is 7.01. The number of amides is 1. The molecule has 0 bridgehead atoms. The van der Waals surface area contributed by atoms with Crippen LogP contribution in [0.4, 0.5) is 0 Å². The molecular weight excluding hydrogens is 438 g/mol. The Morgan fingerprint density at radius 2 is 1.77 bits per heavy atom. The van der Waals surface area contributed by atoms with Gasteiger partial charge in [0.1, 0.15) is 11.9 Å². The molecule has 0 fully saturated rings. The number of nitrogens with zero attached hydrogens (tertiary/aromatic N) is 1. The quantitative estimate of drug-likeness (QED) is 0.438. The molecule has 1 aliphatic heterocycles. The van der Waals surface area contributed by atoms with Crippen LogP contribution in [0.15, 0.2) is 48.5 Å². The maximum atomic E-state index is 12.9. The summed E-state index contributed by atoms with van der Waals surface area (Å²) in [5.74, 6) is -1.55. The zero-order chi connectivity index (χ0) is 22.1. The average Bonchev–Trinajstić information content (AvgIpc) is 3.19. The molecule has 1 aliphatic rings. The number of hydrogen-bond donors (Lipinski definition) is 0. The minimum absolute atomic E-state index is 0.259. The Hall–Kier alpha value is -2.90. The van der Waals surface area contributed by atoms with E-state index in [9.17, 15) is 14.4 Å². The van der Waals surface area contributed by atoms with Gasteiger partial charge in [0.05, 0.1) is 25.8 Å². The molecule has 3 aromatic rings. The monoisotopic (exact) mass is 457 g/mol. The third-order valence-electron chi connectivity index (χ3n) is 5.51. The van der Waals surface area contributed by atoms with Gasteiger partial charge in [-0.15, -0.1) is 22.9 Å². The molecule has 4 rings (SSSR count). The number of halogens is 1. The molecule has 2 atom stereocenters. The van der Waals surface area contributed by atoms with E-state index < -0.39 is 24.0 Å². The van der Waals surface area contributed by atoms with Crippen molar-refractivity contribution in [1.29, 1.82) is 0 Å². The Bertz CT molecular complexity index is 1160. The third kappa shape index (κ3) is 3.68. The number of carbonyl (C=O) groups excluding carboxylic acids is 3. The lowest BCUT2D eigenvalue weighted by Crippen LogP contribution is -2.52. The van der Waals surface area contributed by atoms with Gasteiger partial charge in [0, 0.05) is 16.0 Å². The van der Waals surface area contributed by atoms with Gasteiger partial charge in [0.25, 0.3) is 0 Å². The van der Waals surface area contributed by atoms with E-state index in [1.54, 1.807) is 35.6 Å². The van der Waals surface area contributed by atoms with E-state index in [1.165, 1.54) is 19.1 Å². The minimum Gasteiger partial charge on any atom is -0.467 e. The molecule has 0 unspecified atom stereocenters. The van der Waals surface area contributed by atoms with Gasteiger partial charge in [0.2, 0.25) is 5.91 Å². The van der Waals surface area contributed by atoms with Crippen molar-refractivity contribution in [3.63, 3.8) is 0 Å². The Labute approximate surface area is 188 Å². The van der Waals surface area contributed by atoms with Gasteiger partial charge in [-0.1, -0.05) is 30.3 Å². The number of alkyl halides is 1. The van der Waals surface area contributed by atoms with Crippen LogP contribution in [0.25, 0.3) is 10.1 Å². The Morgan fingerprint density at radius 1 is 1.06 bits per heavy atom. The number of ether oxygens (including phenoxy) is 2. The van der Waals surface area contributed by atoms with Crippen LogP contribution < -0.4 is 0 Å². The number of benzene rings is 2. The highest BCUT2D eigenvalue weighted by Gasteiger charge is 2.43. The summed E-state index contributed by atoms with van der Waals surface area (Å²) >= 11 is 7.53. The van der Waals surface area contributed by atoms with Crippen LogP contribution >= 0.6 is 22.9 Å². The van der Waals surface area contributed by atoms with Gasteiger partial charge in [0.15, 0.2) is 0 Å². The second-order valence-electron chi connectivity index (χ2n) is 7.13. The first kappa shape index (κ1) is 21.3. The van der Waals surface area contributed by atoms with Crippen LogP contribution in [-0.2, 0) is 25.5 Å². The summed E-state index contributed by atoms with van der Waals surface area (Å²) in [5, 5.41) is 1.06. The maximum Gasteiger partial charge on any atom is 0.337 e. The van der Waals surface area contributed by atoms with Crippen molar-refractivity contribution < 1.29 is 23.9 Å². The Kier molecular flexibility index (Phi) is 5.98. The summed E-state index contributed by atoms with van der Waals surface area (Å²) in [4.78, 5) is 40.0. The zero-order valence-corrected chi connectivity index (χ0v) is 18.5. The summed E-state index contributed by atoms with van der Waals surface area (Å²) < 4.78 is 10.9. The van der Waals surface area contributed by atoms with Crippen LogP contribution in [0.2, 0.25) is 0 Å². The number of methoxy groups -OCH3 is 2. The van der Waals surface area contributed by atoms with Crippen LogP contribution in [0.1, 0.15) is 32.4 Å². The van der Waals surface area contributed by atoms with Crippen molar-refractivity contribution in [2.75, 3.05) is 20.1 Å². The smallest absolute Gasteiger partial charge is 0.337 e. The van der Waals surface area contributed by atoms with Crippen molar-refractivity contribution >= 4 is 50.9 Å². The standard InChI is InChI=1S/C23H20ClNO5S/c1-29-22(27)14-9-7-13(8-10-14)20-21-16(15-5-3-4-6-18(15)31-21)11-17(23(28)30-2)25(20)19(26)12-24/h3-10,17,20H,11-12H2,1-2H3/t17-,20-/m1/s1. The minimum atomic E-state index is -0.799. The van der Waals surface area contributed by atoms with Gasteiger partial charge in [-0.3, -0.25) is 4.79 Å². The van der Waals surface area contributed by atoms with Crippen LogP contribution in [0, 0.1) is 0 Å². The van der Waals surface area contributed by atoms with Crippen molar-refractivity contribution in [1.82, 2.24) is 4.90 Å². The topological polar surface area (TPSA) is 72.9 Å². The molecular formula is C23H20ClNO5S. The van der Waals surface area contributed by atoms with Crippen molar-refractivity contribution in [2.45, 2.75) is 18.5 Å². The molecule has 160 valence electrons. The van der Waals surface area contributed by atoms with Crippen molar-refractivity contribution in [3.8, 4) is 0 Å². The Balaban J connectivity index is 1.92. The SMILES string of the molecule is COC(=O)c1ccc([C@@H]2c3sc4ccccc4c3C[C@H](C(=O)OC)N2C(=O)CCl)cc1. The van der Waals surface area contributed by atoms with E-state index in [4.69, 9.17) is 21.1 Å². The lowest BCUT2D eigenvalue weighted by Gasteiger charge is -2.40. The first-order valence-corrected chi connectivity index (χ1v) is 11.0. The number of carbonyl (C=O) groups is 3. The fraction of sp³-hybridized carbons (Fsp3) is 0.261. The maximum absolute atomic E-state index is 12.9. The average molecular weight is 458 g/mol. The molecule has 31 heavy (non-hydrogen) atoms. The molecule has 1 amide bonds. The molecule has 2 aromatic carbocycles. The molecule has 0 saturated carbocycles. The normalized spacial score (nSPS) is 17.8. The second-order valence-corrected chi connectivity index (χ2v) is 8.49. The molecule has 2 heterocycles. The van der Waals surface area contributed by atoms with Gasteiger partial charge in [-0.25, -0.2) is 9.59 Å². The molecule has 1 aromatic heterocycles. The summed E-state index contributed by atoms with van der Waals surface area (Å²) in [6.07, 6.45) is 0.353. The zero-order valence-electron chi connectivity index (χ0n) is 17.0. The molecule has 0 N–H and O–H groups in total. The molecule has 0 spiro atoms. The van der Waals surface area contributed by atoms with Crippen LogP contribution in [0.3, 0.4) is 0 Å². The van der Waals surface area contributed by atoms with Crippen molar-refractivity contribution in [2.24, 2.45) is 0 Å². The Morgan fingerprint density at radius 3 is 2.42 bits per heavy atom. The number of thiophene rings is 1. The first-order valence-electron chi connectivity index (χ1n) is 9.63. The van der Waals surface area contributed by atoms with Crippen LogP contribution in [0.5, 0.6) is 0 Å². The van der Waals surface area contributed by atoms with E-state index in [0.717, 1.165) is 26.1 Å². The summed E-state index contributed by atoms with van der Waals surface area (Å²) in [7, 11) is 2.63.